The van der Waals surface area contributed by atoms with Gasteiger partial charge in [0.1, 0.15) is 5.76 Å². The molecule has 1 unspecified atom stereocenters. The maximum atomic E-state index is 5.56. The third-order valence-corrected chi connectivity index (χ3v) is 3.62. The zero-order valence-corrected chi connectivity index (χ0v) is 11.8. The molecule has 2 heterocycles. The highest BCUT2D eigenvalue weighted by molar-refractivity contribution is 4.96. The second-order valence-electron chi connectivity index (χ2n) is 5.31. The van der Waals surface area contributed by atoms with E-state index in [1.165, 1.54) is 38.9 Å². The molecule has 0 saturated carbocycles. The van der Waals surface area contributed by atoms with Crippen molar-refractivity contribution in [1.29, 1.82) is 0 Å². The van der Waals surface area contributed by atoms with Crippen molar-refractivity contribution in [1.82, 2.24) is 15.2 Å². The van der Waals surface area contributed by atoms with Crippen LogP contribution in [-0.2, 0) is 0 Å². The number of oxazole rings is 1. The van der Waals surface area contributed by atoms with Crippen LogP contribution >= 0.6 is 0 Å². The molecule has 1 atom stereocenters. The SMILES string of the molecule is CCCN1CCC(NC(C)c2ncc(C)o2)CC1. The summed E-state index contributed by atoms with van der Waals surface area (Å²) in [5.41, 5.74) is 0. The molecule has 1 N–H and O–H groups in total. The van der Waals surface area contributed by atoms with Crippen molar-refractivity contribution < 1.29 is 4.42 Å². The summed E-state index contributed by atoms with van der Waals surface area (Å²) in [6, 6.07) is 0.807. The second kappa shape index (κ2) is 6.34. The highest BCUT2D eigenvalue weighted by Crippen LogP contribution is 2.17. The van der Waals surface area contributed by atoms with E-state index in [1.54, 1.807) is 6.20 Å². The Kier molecular flexibility index (Phi) is 4.78. The topological polar surface area (TPSA) is 41.3 Å². The quantitative estimate of drug-likeness (QED) is 0.873. The maximum absolute atomic E-state index is 5.56. The van der Waals surface area contributed by atoms with Gasteiger partial charge < -0.3 is 14.6 Å². The molecule has 0 bridgehead atoms. The van der Waals surface area contributed by atoms with Crippen molar-refractivity contribution >= 4 is 0 Å². The molecule has 102 valence electrons. The summed E-state index contributed by atoms with van der Waals surface area (Å²) in [4.78, 5) is 6.84. The maximum Gasteiger partial charge on any atom is 0.211 e. The largest absolute Gasteiger partial charge is 0.444 e. The van der Waals surface area contributed by atoms with E-state index in [0.717, 1.165) is 11.7 Å². The van der Waals surface area contributed by atoms with Crippen LogP contribution in [0, 0.1) is 6.92 Å². The van der Waals surface area contributed by atoms with Crippen LogP contribution in [0.4, 0.5) is 0 Å². The fraction of sp³-hybridized carbons (Fsp3) is 0.786. The lowest BCUT2D eigenvalue weighted by Crippen LogP contribution is -2.43. The molecule has 0 amide bonds. The van der Waals surface area contributed by atoms with Crippen molar-refractivity contribution in [3.05, 3.63) is 17.8 Å². The average molecular weight is 251 g/mol. The lowest BCUT2D eigenvalue weighted by atomic mass is 10.0. The van der Waals surface area contributed by atoms with Crippen LogP contribution in [0.3, 0.4) is 0 Å². The molecule has 1 aliphatic rings. The summed E-state index contributed by atoms with van der Waals surface area (Å²) in [6.07, 6.45) is 5.50. The van der Waals surface area contributed by atoms with E-state index in [9.17, 15) is 0 Å². The predicted octanol–water partition coefficient (Wildman–Crippen LogP) is 2.51. The van der Waals surface area contributed by atoms with Gasteiger partial charge in [-0.25, -0.2) is 4.98 Å². The van der Waals surface area contributed by atoms with Crippen LogP contribution < -0.4 is 5.32 Å². The van der Waals surface area contributed by atoms with E-state index in [2.05, 4.69) is 29.0 Å². The first-order valence-electron chi connectivity index (χ1n) is 7.09. The number of likely N-dealkylation sites (tertiary alicyclic amines) is 1. The van der Waals surface area contributed by atoms with Gasteiger partial charge in [-0.2, -0.15) is 0 Å². The van der Waals surface area contributed by atoms with Gasteiger partial charge >= 0.3 is 0 Å². The van der Waals surface area contributed by atoms with Gasteiger partial charge in [-0.15, -0.1) is 0 Å². The van der Waals surface area contributed by atoms with E-state index < -0.39 is 0 Å². The number of nitrogens with one attached hydrogen (secondary N) is 1. The van der Waals surface area contributed by atoms with Gasteiger partial charge in [-0.05, 0) is 52.7 Å². The Hall–Kier alpha value is -0.870. The minimum Gasteiger partial charge on any atom is -0.444 e. The first kappa shape index (κ1) is 13.6. The zero-order valence-electron chi connectivity index (χ0n) is 11.8. The Morgan fingerprint density at radius 3 is 2.78 bits per heavy atom. The van der Waals surface area contributed by atoms with E-state index >= 15 is 0 Å². The van der Waals surface area contributed by atoms with Crippen molar-refractivity contribution in [2.75, 3.05) is 19.6 Å². The summed E-state index contributed by atoms with van der Waals surface area (Å²) in [7, 11) is 0. The van der Waals surface area contributed by atoms with Crippen LogP contribution in [0.1, 0.15) is 50.8 Å². The molecule has 1 saturated heterocycles. The number of hydrogen-bond donors (Lipinski definition) is 1. The third kappa shape index (κ3) is 3.56. The Bertz CT molecular complexity index is 356. The number of rotatable bonds is 5. The molecular formula is C14H25N3O. The number of piperidine rings is 1. The Morgan fingerprint density at radius 2 is 2.22 bits per heavy atom. The Balaban J connectivity index is 1.77. The molecular weight excluding hydrogens is 226 g/mol. The van der Waals surface area contributed by atoms with Crippen molar-refractivity contribution in [2.45, 2.75) is 52.1 Å². The van der Waals surface area contributed by atoms with Crippen LogP contribution in [0.2, 0.25) is 0 Å². The van der Waals surface area contributed by atoms with Gasteiger partial charge in [-0.3, -0.25) is 0 Å². The average Bonchev–Trinajstić information content (AvgIpc) is 2.79. The minimum absolute atomic E-state index is 0.210. The molecule has 1 aromatic rings. The van der Waals surface area contributed by atoms with Gasteiger partial charge in [0.15, 0.2) is 0 Å². The highest BCUT2D eigenvalue weighted by Gasteiger charge is 2.21. The van der Waals surface area contributed by atoms with Gasteiger partial charge in [0.05, 0.1) is 12.2 Å². The molecule has 1 aliphatic heterocycles. The van der Waals surface area contributed by atoms with E-state index in [4.69, 9.17) is 4.42 Å². The zero-order chi connectivity index (χ0) is 13.0. The lowest BCUT2D eigenvalue weighted by Gasteiger charge is -2.33. The number of aromatic nitrogens is 1. The number of aryl methyl sites for hydroxylation is 1. The first-order chi connectivity index (χ1) is 8.69. The number of nitrogens with zero attached hydrogens (tertiary/aromatic N) is 2. The summed E-state index contributed by atoms with van der Waals surface area (Å²) in [5, 5.41) is 3.63. The van der Waals surface area contributed by atoms with Crippen molar-refractivity contribution in [3.63, 3.8) is 0 Å². The third-order valence-electron chi connectivity index (χ3n) is 3.62. The second-order valence-corrected chi connectivity index (χ2v) is 5.31. The molecule has 0 spiro atoms. The van der Waals surface area contributed by atoms with Crippen LogP contribution in [0.25, 0.3) is 0 Å². The first-order valence-corrected chi connectivity index (χ1v) is 7.09. The standard InChI is InChI=1S/C14H25N3O/c1-4-7-17-8-5-13(6-9-17)16-12(3)14-15-10-11(2)18-14/h10,12-13,16H,4-9H2,1-3H3. The fourth-order valence-electron chi connectivity index (χ4n) is 2.64. The van der Waals surface area contributed by atoms with Gasteiger partial charge in [-0.1, -0.05) is 6.92 Å². The molecule has 1 aromatic heterocycles. The summed E-state index contributed by atoms with van der Waals surface area (Å²) < 4.78 is 5.56. The Labute approximate surface area is 110 Å². The van der Waals surface area contributed by atoms with Crippen LogP contribution in [-0.4, -0.2) is 35.6 Å². The molecule has 0 aromatic carbocycles. The summed E-state index contributed by atoms with van der Waals surface area (Å²) in [6.45, 7) is 9.97. The normalized spacial score (nSPS) is 20.2. The summed E-state index contributed by atoms with van der Waals surface area (Å²) >= 11 is 0. The summed E-state index contributed by atoms with van der Waals surface area (Å²) in [5.74, 6) is 1.69. The monoisotopic (exact) mass is 251 g/mol. The van der Waals surface area contributed by atoms with Crippen LogP contribution in [0.5, 0.6) is 0 Å². The van der Waals surface area contributed by atoms with Gasteiger partial charge in [0.25, 0.3) is 0 Å². The van der Waals surface area contributed by atoms with E-state index in [1.807, 2.05) is 6.92 Å². The molecule has 18 heavy (non-hydrogen) atoms. The van der Waals surface area contributed by atoms with Gasteiger partial charge in [0, 0.05) is 6.04 Å². The molecule has 4 heteroatoms. The molecule has 2 rings (SSSR count). The van der Waals surface area contributed by atoms with Crippen molar-refractivity contribution in [2.24, 2.45) is 0 Å². The molecule has 1 fully saturated rings. The highest BCUT2D eigenvalue weighted by atomic mass is 16.4. The van der Waals surface area contributed by atoms with Gasteiger partial charge in [0.2, 0.25) is 5.89 Å². The lowest BCUT2D eigenvalue weighted by molar-refractivity contribution is 0.189. The number of hydrogen-bond acceptors (Lipinski definition) is 4. The fourth-order valence-corrected chi connectivity index (χ4v) is 2.64. The Morgan fingerprint density at radius 1 is 1.50 bits per heavy atom. The van der Waals surface area contributed by atoms with E-state index in [0.29, 0.717) is 6.04 Å². The minimum atomic E-state index is 0.210. The van der Waals surface area contributed by atoms with Crippen LogP contribution in [0.15, 0.2) is 10.6 Å². The predicted molar refractivity (Wildman–Crippen MR) is 72.5 cm³/mol. The van der Waals surface area contributed by atoms with Crippen molar-refractivity contribution in [3.8, 4) is 0 Å². The molecule has 0 radical (unpaired) electrons. The smallest absolute Gasteiger partial charge is 0.211 e. The molecule has 4 nitrogen and oxygen atoms in total. The molecule has 0 aliphatic carbocycles. The van der Waals surface area contributed by atoms with E-state index in [-0.39, 0.29) is 6.04 Å².